The number of carbonyl (C=O) groups is 1. The zero-order chi connectivity index (χ0) is 24.8. The summed E-state index contributed by atoms with van der Waals surface area (Å²) in [5.41, 5.74) is 1.64. The summed E-state index contributed by atoms with van der Waals surface area (Å²) < 4.78 is 28.6. The van der Waals surface area contributed by atoms with Crippen molar-refractivity contribution < 1.29 is 13.2 Å². The van der Waals surface area contributed by atoms with E-state index in [1.54, 1.807) is 4.31 Å². The molecule has 35 heavy (non-hydrogen) atoms. The minimum atomic E-state index is -3.63. The van der Waals surface area contributed by atoms with Gasteiger partial charge in [-0.05, 0) is 67.3 Å². The largest absolute Gasteiger partial charge is 0.356 e. The standard InChI is InChI=1S/C25H32ClN5O3S/c1-18-15-22(30-11-9-25(10-12-30)17-28-23(32)29-25)27-16-21(18)35(33,34)31-13-7-24(2,8-14-31)19-3-5-20(26)6-4-19/h3-6,15-16H,7-14,17H2,1-2H3,(H2,28,29,32). The Balaban J connectivity index is 1.26. The van der Waals surface area contributed by atoms with Gasteiger partial charge in [-0.15, -0.1) is 0 Å². The topological polar surface area (TPSA) is 94.6 Å². The molecule has 188 valence electrons. The number of amides is 2. The molecule has 0 radical (unpaired) electrons. The molecule has 1 spiro atoms. The second kappa shape index (κ2) is 8.94. The highest BCUT2D eigenvalue weighted by Crippen LogP contribution is 2.37. The molecule has 8 nitrogen and oxygen atoms in total. The van der Waals surface area contributed by atoms with E-state index in [0.717, 1.165) is 44.6 Å². The molecule has 3 aliphatic rings. The van der Waals surface area contributed by atoms with Crippen LogP contribution in [0.5, 0.6) is 0 Å². The lowest BCUT2D eigenvalue weighted by atomic mass is 9.75. The fourth-order valence-electron chi connectivity index (χ4n) is 5.52. The Bertz CT molecular complexity index is 1220. The van der Waals surface area contributed by atoms with Crippen LogP contribution in [0.25, 0.3) is 0 Å². The smallest absolute Gasteiger partial charge is 0.315 e. The number of halogens is 1. The van der Waals surface area contributed by atoms with Crippen molar-refractivity contribution in [3.63, 3.8) is 0 Å². The second-order valence-electron chi connectivity index (χ2n) is 10.4. The van der Waals surface area contributed by atoms with Crippen LogP contribution in [0.4, 0.5) is 10.6 Å². The Kier molecular flexibility index (Phi) is 6.22. The number of sulfonamides is 1. The van der Waals surface area contributed by atoms with Gasteiger partial charge >= 0.3 is 6.03 Å². The number of carbonyl (C=O) groups excluding carboxylic acids is 1. The molecule has 1 aromatic heterocycles. The number of nitrogens with zero attached hydrogens (tertiary/aromatic N) is 3. The number of hydrogen-bond acceptors (Lipinski definition) is 5. The van der Waals surface area contributed by atoms with E-state index in [4.69, 9.17) is 11.6 Å². The van der Waals surface area contributed by atoms with Gasteiger partial charge in [-0.25, -0.2) is 18.2 Å². The van der Waals surface area contributed by atoms with Crippen LogP contribution in [0.2, 0.25) is 5.02 Å². The first-order valence-electron chi connectivity index (χ1n) is 12.1. The first kappa shape index (κ1) is 24.3. The molecule has 0 saturated carbocycles. The molecule has 10 heteroatoms. The molecule has 1 aromatic carbocycles. The fourth-order valence-corrected chi connectivity index (χ4v) is 7.24. The highest BCUT2D eigenvalue weighted by molar-refractivity contribution is 7.89. The average molecular weight is 518 g/mol. The van der Waals surface area contributed by atoms with E-state index in [1.807, 2.05) is 37.3 Å². The van der Waals surface area contributed by atoms with E-state index in [9.17, 15) is 13.2 Å². The van der Waals surface area contributed by atoms with E-state index in [0.29, 0.717) is 30.2 Å². The third-order valence-corrected chi connectivity index (χ3v) is 10.3. The lowest BCUT2D eigenvalue weighted by molar-refractivity contribution is 0.240. The van der Waals surface area contributed by atoms with Gasteiger partial charge in [-0.2, -0.15) is 4.31 Å². The van der Waals surface area contributed by atoms with Gasteiger partial charge in [0.1, 0.15) is 10.7 Å². The molecule has 0 bridgehead atoms. The van der Waals surface area contributed by atoms with Crippen molar-refractivity contribution in [1.29, 1.82) is 0 Å². The number of aromatic nitrogens is 1. The van der Waals surface area contributed by atoms with Crippen LogP contribution in [0.3, 0.4) is 0 Å². The fraction of sp³-hybridized carbons (Fsp3) is 0.520. The first-order chi connectivity index (χ1) is 16.6. The SMILES string of the molecule is Cc1cc(N2CCC3(CC2)CNC(=O)N3)ncc1S(=O)(=O)N1CCC(C)(c2ccc(Cl)cc2)CC1. The van der Waals surface area contributed by atoms with Crippen LogP contribution in [0, 0.1) is 6.92 Å². The Labute approximate surface area is 212 Å². The molecular weight excluding hydrogens is 486 g/mol. The third-order valence-electron chi connectivity index (χ3n) is 8.04. The summed E-state index contributed by atoms with van der Waals surface area (Å²) in [4.78, 5) is 18.6. The zero-order valence-electron chi connectivity index (χ0n) is 20.2. The van der Waals surface area contributed by atoms with Crippen molar-refractivity contribution >= 4 is 33.5 Å². The Morgan fingerprint density at radius 2 is 1.69 bits per heavy atom. The number of pyridine rings is 1. The van der Waals surface area contributed by atoms with Crippen LogP contribution < -0.4 is 15.5 Å². The van der Waals surface area contributed by atoms with Crippen molar-refractivity contribution in [2.24, 2.45) is 0 Å². The van der Waals surface area contributed by atoms with Crippen LogP contribution in [-0.2, 0) is 15.4 Å². The second-order valence-corrected chi connectivity index (χ2v) is 12.7. The molecule has 0 aliphatic carbocycles. The maximum atomic E-state index is 13.5. The van der Waals surface area contributed by atoms with E-state index in [-0.39, 0.29) is 21.9 Å². The molecule has 5 rings (SSSR count). The van der Waals surface area contributed by atoms with Gasteiger partial charge in [0.05, 0.1) is 5.54 Å². The van der Waals surface area contributed by atoms with Crippen molar-refractivity contribution in [1.82, 2.24) is 19.9 Å². The molecule has 0 atom stereocenters. The Hall–Kier alpha value is -2.36. The number of benzene rings is 1. The van der Waals surface area contributed by atoms with Gasteiger partial charge in [-0.3, -0.25) is 0 Å². The number of aryl methyl sites for hydroxylation is 1. The van der Waals surface area contributed by atoms with E-state index < -0.39 is 10.0 Å². The van der Waals surface area contributed by atoms with Crippen LogP contribution in [0.15, 0.2) is 41.4 Å². The maximum Gasteiger partial charge on any atom is 0.315 e. The van der Waals surface area contributed by atoms with Crippen molar-refractivity contribution in [2.45, 2.75) is 55.4 Å². The molecule has 3 aliphatic heterocycles. The van der Waals surface area contributed by atoms with Crippen LogP contribution >= 0.6 is 11.6 Å². The highest BCUT2D eigenvalue weighted by Gasteiger charge is 2.41. The highest BCUT2D eigenvalue weighted by atomic mass is 35.5. The Morgan fingerprint density at radius 3 is 2.26 bits per heavy atom. The molecule has 3 saturated heterocycles. The van der Waals surface area contributed by atoms with Gasteiger partial charge < -0.3 is 15.5 Å². The lowest BCUT2D eigenvalue weighted by Gasteiger charge is -2.40. The summed E-state index contributed by atoms with van der Waals surface area (Å²) in [6.07, 6.45) is 4.66. The first-order valence-corrected chi connectivity index (χ1v) is 14.0. The minimum Gasteiger partial charge on any atom is -0.356 e. The summed E-state index contributed by atoms with van der Waals surface area (Å²) in [6.45, 7) is 7.14. The van der Waals surface area contributed by atoms with Gasteiger partial charge in [0.15, 0.2) is 0 Å². The van der Waals surface area contributed by atoms with Gasteiger partial charge in [0.2, 0.25) is 10.0 Å². The van der Waals surface area contributed by atoms with Crippen LogP contribution in [0.1, 0.15) is 43.7 Å². The minimum absolute atomic E-state index is 0.0757. The molecule has 2 amide bonds. The number of urea groups is 1. The summed E-state index contributed by atoms with van der Waals surface area (Å²) in [5.74, 6) is 0.780. The van der Waals surface area contributed by atoms with Crippen LogP contribution in [-0.4, -0.2) is 62.0 Å². The van der Waals surface area contributed by atoms with Crippen molar-refractivity contribution in [3.8, 4) is 0 Å². The van der Waals surface area contributed by atoms with Crippen molar-refractivity contribution in [3.05, 3.63) is 52.7 Å². The van der Waals surface area contributed by atoms with E-state index >= 15 is 0 Å². The summed E-state index contributed by atoms with van der Waals surface area (Å²) in [5, 5.41) is 6.61. The van der Waals surface area contributed by atoms with Gasteiger partial charge in [0.25, 0.3) is 0 Å². The molecule has 2 aromatic rings. The number of anilines is 1. The third kappa shape index (κ3) is 4.61. The number of piperidine rings is 2. The normalized spacial score (nSPS) is 22.1. The maximum absolute atomic E-state index is 13.5. The molecule has 3 fully saturated rings. The van der Waals surface area contributed by atoms with E-state index in [1.165, 1.54) is 11.8 Å². The number of hydrogen-bond donors (Lipinski definition) is 2. The zero-order valence-corrected chi connectivity index (χ0v) is 21.8. The molecule has 0 unspecified atom stereocenters. The Morgan fingerprint density at radius 1 is 1.03 bits per heavy atom. The summed E-state index contributed by atoms with van der Waals surface area (Å²) in [6, 6.07) is 9.64. The predicted octanol–water partition coefficient (Wildman–Crippen LogP) is 3.44. The van der Waals surface area contributed by atoms with Crippen molar-refractivity contribution in [2.75, 3.05) is 37.6 Å². The predicted molar refractivity (Wildman–Crippen MR) is 136 cm³/mol. The summed E-state index contributed by atoms with van der Waals surface area (Å²) >= 11 is 6.04. The number of nitrogens with one attached hydrogen (secondary N) is 2. The van der Waals surface area contributed by atoms with Gasteiger partial charge in [-0.1, -0.05) is 30.7 Å². The average Bonchev–Trinajstić information content (AvgIpc) is 3.19. The molecule has 2 N–H and O–H groups in total. The number of rotatable bonds is 4. The molecular formula is C25H32ClN5O3S. The quantitative estimate of drug-likeness (QED) is 0.648. The summed E-state index contributed by atoms with van der Waals surface area (Å²) in [7, 11) is -3.63. The van der Waals surface area contributed by atoms with E-state index in [2.05, 4.69) is 27.4 Å². The lowest BCUT2D eigenvalue weighted by Crippen LogP contribution is -2.52. The monoisotopic (exact) mass is 517 g/mol. The van der Waals surface area contributed by atoms with Gasteiger partial charge in [0, 0.05) is 43.9 Å². The molecule has 4 heterocycles.